The highest BCUT2D eigenvalue weighted by atomic mass is 32.2. The highest BCUT2D eigenvalue weighted by molar-refractivity contribution is 8.00. The van der Waals surface area contributed by atoms with Gasteiger partial charge in [-0.15, -0.1) is 0 Å². The van der Waals surface area contributed by atoms with Gasteiger partial charge in [0.2, 0.25) is 5.91 Å². The fraction of sp³-hybridized carbons (Fsp3) is 0.278. The maximum Gasteiger partial charge on any atom is 0.248 e. The minimum absolute atomic E-state index is 0.358. The maximum absolute atomic E-state index is 11.4. The largest absolute Gasteiger partial charge is 0.366 e. The molecule has 4 N–H and O–H groups in total. The van der Waals surface area contributed by atoms with Crippen LogP contribution in [0.3, 0.4) is 0 Å². The zero-order valence-electron chi connectivity index (χ0n) is 13.2. The van der Waals surface area contributed by atoms with E-state index in [0.29, 0.717) is 17.5 Å². The SMILES string of the molecule is CC1Sc2ccc(C(N)=O)cc2N1CCc1ccc(CN)cc1. The summed E-state index contributed by atoms with van der Waals surface area (Å²) in [6, 6.07) is 14.1. The van der Waals surface area contributed by atoms with E-state index < -0.39 is 0 Å². The average Bonchev–Trinajstić information content (AvgIpc) is 2.87. The summed E-state index contributed by atoms with van der Waals surface area (Å²) in [4.78, 5) is 15.0. The van der Waals surface area contributed by atoms with Crippen LogP contribution in [0.4, 0.5) is 5.69 Å². The van der Waals surface area contributed by atoms with E-state index in [4.69, 9.17) is 11.5 Å². The van der Waals surface area contributed by atoms with Crippen LogP contribution in [-0.2, 0) is 13.0 Å². The summed E-state index contributed by atoms with van der Waals surface area (Å²) >= 11 is 1.82. The van der Waals surface area contributed by atoms with Gasteiger partial charge in [-0.3, -0.25) is 4.79 Å². The predicted molar refractivity (Wildman–Crippen MR) is 95.7 cm³/mol. The summed E-state index contributed by atoms with van der Waals surface area (Å²) in [5.41, 5.74) is 15.2. The normalized spacial score (nSPS) is 16.4. The molecular weight excluding hydrogens is 306 g/mol. The standard InChI is InChI=1S/C18H21N3OS/c1-12-21(9-8-13-2-4-14(11-19)5-3-13)16-10-15(18(20)22)6-7-17(16)23-12/h2-7,10,12H,8-9,11,19H2,1H3,(H2,20,22). The van der Waals surface area contributed by atoms with Crippen LogP contribution in [0.5, 0.6) is 0 Å². The number of hydrogen-bond acceptors (Lipinski definition) is 4. The Labute approximate surface area is 140 Å². The zero-order valence-corrected chi connectivity index (χ0v) is 14.0. The number of nitrogens with zero attached hydrogens (tertiary/aromatic N) is 1. The molecular formula is C18H21N3OS. The summed E-state index contributed by atoms with van der Waals surface area (Å²) < 4.78 is 0. The Hall–Kier alpha value is -1.98. The van der Waals surface area contributed by atoms with Crippen molar-refractivity contribution in [3.8, 4) is 0 Å². The van der Waals surface area contributed by atoms with E-state index in [2.05, 4.69) is 36.1 Å². The molecule has 0 bridgehead atoms. The van der Waals surface area contributed by atoms with Gasteiger partial charge < -0.3 is 16.4 Å². The number of amides is 1. The lowest BCUT2D eigenvalue weighted by molar-refractivity contribution is 0.100. The number of carbonyl (C=O) groups is 1. The second-order valence-corrected chi connectivity index (χ2v) is 7.09. The predicted octanol–water partition coefficient (Wildman–Crippen LogP) is 2.75. The van der Waals surface area contributed by atoms with Gasteiger partial charge in [-0.1, -0.05) is 36.0 Å². The van der Waals surface area contributed by atoms with Gasteiger partial charge in [0, 0.05) is 23.5 Å². The van der Waals surface area contributed by atoms with Gasteiger partial charge >= 0.3 is 0 Å². The van der Waals surface area contributed by atoms with Gasteiger partial charge in [0.25, 0.3) is 0 Å². The maximum atomic E-state index is 11.4. The number of nitrogens with two attached hydrogens (primary N) is 2. The number of rotatable bonds is 5. The van der Waals surface area contributed by atoms with Crippen LogP contribution in [0.15, 0.2) is 47.4 Å². The van der Waals surface area contributed by atoms with E-state index in [1.165, 1.54) is 10.5 Å². The fourth-order valence-electron chi connectivity index (χ4n) is 2.83. The van der Waals surface area contributed by atoms with Crippen molar-refractivity contribution in [2.24, 2.45) is 11.5 Å². The Morgan fingerprint density at radius 2 is 1.87 bits per heavy atom. The van der Waals surface area contributed by atoms with E-state index in [-0.39, 0.29) is 5.91 Å². The molecule has 0 saturated carbocycles. The van der Waals surface area contributed by atoms with Crippen molar-refractivity contribution >= 4 is 23.4 Å². The molecule has 23 heavy (non-hydrogen) atoms. The molecule has 1 unspecified atom stereocenters. The molecule has 3 rings (SSSR count). The summed E-state index contributed by atoms with van der Waals surface area (Å²) in [6.07, 6.45) is 0.954. The summed E-state index contributed by atoms with van der Waals surface area (Å²) in [5, 5.41) is 0.358. The molecule has 120 valence electrons. The first-order valence-corrected chi connectivity index (χ1v) is 8.61. The first kappa shape index (κ1) is 15.9. The van der Waals surface area contributed by atoms with Crippen LogP contribution in [0.25, 0.3) is 0 Å². The van der Waals surface area contributed by atoms with Gasteiger partial charge in [-0.05, 0) is 42.7 Å². The number of fused-ring (bicyclic) bond motifs is 1. The summed E-state index contributed by atoms with van der Waals surface area (Å²) in [5.74, 6) is -0.380. The van der Waals surface area contributed by atoms with Crippen molar-refractivity contribution in [2.45, 2.75) is 30.2 Å². The molecule has 5 heteroatoms. The lowest BCUT2D eigenvalue weighted by atomic mass is 10.1. The molecule has 1 amide bonds. The van der Waals surface area contributed by atoms with Gasteiger partial charge in [0.05, 0.1) is 11.1 Å². The molecule has 0 spiro atoms. The van der Waals surface area contributed by atoms with Crippen molar-refractivity contribution in [3.63, 3.8) is 0 Å². The van der Waals surface area contributed by atoms with Crippen molar-refractivity contribution in [3.05, 3.63) is 59.2 Å². The molecule has 0 aliphatic carbocycles. The fourth-order valence-corrected chi connectivity index (χ4v) is 3.99. The quantitative estimate of drug-likeness (QED) is 0.886. The number of carbonyl (C=O) groups excluding carboxylic acids is 1. The first-order valence-electron chi connectivity index (χ1n) is 7.73. The van der Waals surface area contributed by atoms with Crippen LogP contribution in [-0.4, -0.2) is 17.8 Å². The van der Waals surface area contributed by atoms with Crippen LogP contribution in [0, 0.1) is 0 Å². The molecule has 1 heterocycles. The van der Waals surface area contributed by atoms with Crippen molar-refractivity contribution in [1.82, 2.24) is 0 Å². The molecule has 0 aromatic heterocycles. The smallest absolute Gasteiger partial charge is 0.248 e. The topological polar surface area (TPSA) is 72.4 Å². The second kappa shape index (κ2) is 6.64. The molecule has 0 radical (unpaired) electrons. The minimum atomic E-state index is -0.380. The lowest BCUT2D eigenvalue weighted by Crippen LogP contribution is -2.29. The Bertz CT molecular complexity index is 715. The Balaban J connectivity index is 1.75. The zero-order chi connectivity index (χ0) is 16.4. The van der Waals surface area contributed by atoms with Gasteiger partial charge in [-0.25, -0.2) is 0 Å². The summed E-state index contributed by atoms with van der Waals surface area (Å²) in [7, 11) is 0. The van der Waals surface area contributed by atoms with E-state index in [1.54, 1.807) is 6.07 Å². The van der Waals surface area contributed by atoms with E-state index in [0.717, 1.165) is 24.2 Å². The third-order valence-electron chi connectivity index (χ3n) is 4.19. The average molecular weight is 327 g/mol. The minimum Gasteiger partial charge on any atom is -0.366 e. The van der Waals surface area contributed by atoms with E-state index in [1.807, 2.05) is 23.9 Å². The number of anilines is 1. The number of thioether (sulfide) groups is 1. The lowest BCUT2D eigenvalue weighted by Gasteiger charge is -2.24. The first-order chi connectivity index (χ1) is 11.1. The van der Waals surface area contributed by atoms with Crippen molar-refractivity contribution < 1.29 is 4.79 Å². The van der Waals surface area contributed by atoms with Crippen LogP contribution in [0.1, 0.15) is 28.4 Å². The molecule has 0 fully saturated rings. The van der Waals surface area contributed by atoms with Crippen molar-refractivity contribution in [2.75, 3.05) is 11.4 Å². The number of benzene rings is 2. The highest BCUT2D eigenvalue weighted by Gasteiger charge is 2.27. The van der Waals surface area contributed by atoms with Crippen LogP contribution >= 0.6 is 11.8 Å². The molecule has 0 saturated heterocycles. The Morgan fingerprint density at radius 1 is 1.17 bits per heavy atom. The van der Waals surface area contributed by atoms with E-state index >= 15 is 0 Å². The molecule has 4 nitrogen and oxygen atoms in total. The number of primary amides is 1. The molecule has 1 atom stereocenters. The van der Waals surface area contributed by atoms with Crippen LogP contribution < -0.4 is 16.4 Å². The third-order valence-corrected chi connectivity index (χ3v) is 5.38. The summed E-state index contributed by atoms with van der Waals surface area (Å²) in [6.45, 7) is 3.67. The van der Waals surface area contributed by atoms with E-state index in [9.17, 15) is 4.79 Å². The highest BCUT2D eigenvalue weighted by Crippen LogP contribution is 2.43. The Kier molecular flexibility index (Phi) is 4.59. The van der Waals surface area contributed by atoms with Crippen molar-refractivity contribution in [1.29, 1.82) is 0 Å². The second-order valence-electron chi connectivity index (χ2n) is 5.73. The van der Waals surface area contributed by atoms with Crippen LogP contribution in [0.2, 0.25) is 0 Å². The Morgan fingerprint density at radius 3 is 2.52 bits per heavy atom. The van der Waals surface area contributed by atoms with Gasteiger partial charge in [0.15, 0.2) is 0 Å². The van der Waals surface area contributed by atoms with Gasteiger partial charge in [0.1, 0.15) is 0 Å². The van der Waals surface area contributed by atoms with Gasteiger partial charge in [-0.2, -0.15) is 0 Å². The molecule has 1 aliphatic rings. The third kappa shape index (κ3) is 3.35. The molecule has 2 aromatic rings. The molecule has 1 aliphatic heterocycles. The monoisotopic (exact) mass is 327 g/mol. The molecule has 2 aromatic carbocycles. The number of hydrogen-bond donors (Lipinski definition) is 2.